The molecule has 0 aliphatic carbocycles. The van der Waals surface area contributed by atoms with Gasteiger partial charge in [0.2, 0.25) is 8.32 Å². The van der Waals surface area contributed by atoms with Crippen molar-refractivity contribution in [2.45, 2.75) is 104 Å². The molecule has 37 heavy (non-hydrogen) atoms. The number of aliphatic hydroxyl groups excluding tert-OH is 1. The van der Waals surface area contributed by atoms with Gasteiger partial charge in [-0.15, -0.1) is 0 Å². The molecule has 0 unspecified atom stereocenters. The Morgan fingerprint density at radius 2 is 1.30 bits per heavy atom. The lowest BCUT2D eigenvalue weighted by Gasteiger charge is -2.36. The normalized spacial score (nSPS) is 11.9. The summed E-state index contributed by atoms with van der Waals surface area (Å²) in [4.78, 5) is 0. The lowest BCUT2D eigenvalue weighted by Crippen LogP contribution is -2.43. The first-order valence-corrected chi connectivity index (χ1v) is 16.8. The fourth-order valence-electron chi connectivity index (χ4n) is 4.07. The maximum absolute atomic E-state index is 9.70. The van der Waals surface area contributed by atoms with Crippen LogP contribution in [-0.4, -0.2) is 34.3 Å². The Morgan fingerprint density at radius 3 is 1.81 bits per heavy atom. The quantitative estimate of drug-likeness (QED) is 0.174. The number of methoxy groups -OCH3 is 2. The summed E-state index contributed by atoms with van der Waals surface area (Å²) in [6.07, 6.45) is 10.1. The first kappa shape index (κ1) is 31.0. The summed E-state index contributed by atoms with van der Waals surface area (Å²) in [6, 6.07) is 9.78. The van der Waals surface area contributed by atoms with Gasteiger partial charge in [0.15, 0.2) is 0 Å². The van der Waals surface area contributed by atoms with Crippen LogP contribution in [-0.2, 0) is 6.61 Å². The van der Waals surface area contributed by atoms with Gasteiger partial charge in [0, 0.05) is 6.07 Å². The predicted molar refractivity (Wildman–Crippen MR) is 157 cm³/mol. The molecule has 0 aliphatic heterocycles. The molecule has 2 aromatic rings. The zero-order valence-corrected chi connectivity index (χ0v) is 25.5. The second-order valence-corrected chi connectivity index (χ2v) is 16.1. The van der Waals surface area contributed by atoms with Gasteiger partial charge in [-0.05, 0) is 59.9 Å². The summed E-state index contributed by atoms with van der Waals surface area (Å²) in [5, 5.41) is 9.77. The minimum absolute atomic E-state index is 0.0688. The van der Waals surface area contributed by atoms with E-state index in [1.165, 1.54) is 44.9 Å². The smallest absolute Gasteiger partial charge is 0.250 e. The van der Waals surface area contributed by atoms with Crippen LogP contribution >= 0.6 is 0 Å². The minimum atomic E-state index is -2.07. The highest BCUT2D eigenvalue weighted by atomic mass is 28.4. The Bertz CT molecular complexity index is 940. The lowest BCUT2D eigenvalue weighted by molar-refractivity contribution is 0.280. The third-order valence-corrected chi connectivity index (χ3v) is 11.7. The maximum Gasteiger partial charge on any atom is 0.250 e. The number of aliphatic hydroxyl groups is 1. The molecule has 0 aromatic heterocycles. The van der Waals surface area contributed by atoms with E-state index >= 15 is 0 Å². The Morgan fingerprint density at radius 1 is 0.757 bits per heavy atom. The van der Waals surface area contributed by atoms with E-state index in [1.54, 1.807) is 14.2 Å². The molecule has 0 amide bonds. The molecule has 0 spiro atoms. The standard InChI is InChI=1S/C31H50O5Si/c1-9-10-11-12-13-14-15-16-17-35-26-20-25(21-27(22-26)36-37(7,8)31(2,3)4)30-28(33-5)18-24(23-32)19-29(30)34-6/h18-22,32H,9-17,23H2,1-8H3. The summed E-state index contributed by atoms with van der Waals surface area (Å²) in [6.45, 7) is 14.1. The molecule has 2 rings (SSSR count). The van der Waals surface area contributed by atoms with Crippen LogP contribution in [0, 0.1) is 0 Å². The molecule has 0 radical (unpaired) electrons. The zero-order valence-electron chi connectivity index (χ0n) is 24.5. The van der Waals surface area contributed by atoms with Gasteiger partial charge >= 0.3 is 0 Å². The van der Waals surface area contributed by atoms with Crippen molar-refractivity contribution in [3.05, 3.63) is 35.9 Å². The van der Waals surface area contributed by atoms with Crippen LogP contribution in [0.25, 0.3) is 11.1 Å². The fourth-order valence-corrected chi connectivity index (χ4v) is 5.09. The van der Waals surface area contributed by atoms with Gasteiger partial charge in [0.05, 0.1) is 33.0 Å². The fraction of sp³-hybridized carbons (Fsp3) is 0.613. The zero-order chi connectivity index (χ0) is 27.5. The van der Waals surface area contributed by atoms with Crippen molar-refractivity contribution in [2.75, 3.05) is 20.8 Å². The van der Waals surface area contributed by atoms with Gasteiger partial charge in [-0.25, -0.2) is 0 Å². The van der Waals surface area contributed by atoms with E-state index in [2.05, 4.69) is 40.8 Å². The van der Waals surface area contributed by atoms with E-state index < -0.39 is 8.32 Å². The number of hydrogen-bond acceptors (Lipinski definition) is 5. The van der Waals surface area contributed by atoms with Gasteiger partial charge in [-0.3, -0.25) is 0 Å². The monoisotopic (exact) mass is 530 g/mol. The molecular formula is C31H50O5Si. The van der Waals surface area contributed by atoms with Crippen LogP contribution in [0.5, 0.6) is 23.0 Å². The lowest BCUT2D eigenvalue weighted by atomic mass is 10.0. The molecule has 0 heterocycles. The average Bonchev–Trinajstić information content (AvgIpc) is 2.85. The van der Waals surface area contributed by atoms with E-state index in [-0.39, 0.29) is 11.6 Å². The number of benzene rings is 2. The molecule has 1 N–H and O–H groups in total. The molecule has 0 bridgehead atoms. The summed E-state index contributed by atoms with van der Waals surface area (Å²) < 4.78 is 24.4. The maximum atomic E-state index is 9.70. The van der Waals surface area contributed by atoms with Crippen molar-refractivity contribution in [1.82, 2.24) is 0 Å². The van der Waals surface area contributed by atoms with Crippen LogP contribution in [0.15, 0.2) is 30.3 Å². The SMILES string of the molecule is CCCCCCCCCCOc1cc(O[Si](C)(C)C(C)(C)C)cc(-c2c(OC)cc(CO)cc2OC)c1. The van der Waals surface area contributed by atoms with Crippen LogP contribution in [0.2, 0.25) is 18.1 Å². The van der Waals surface area contributed by atoms with Crippen LogP contribution in [0.1, 0.15) is 84.6 Å². The van der Waals surface area contributed by atoms with Crippen molar-refractivity contribution >= 4 is 8.32 Å². The summed E-state index contributed by atoms with van der Waals surface area (Å²) >= 11 is 0. The molecule has 6 heteroatoms. The van der Waals surface area contributed by atoms with Crippen LogP contribution in [0.4, 0.5) is 0 Å². The molecule has 0 aliphatic rings. The highest BCUT2D eigenvalue weighted by molar-refractivity contribution is 6.74. The van der Waals surface area contributed by atoms with Crippen molar-refractivity contribution < 1.29 is 23.7 Å². The number of unbranched alkanes of at least 4 members (excludes halogenated alkanes) is 7. The van der Waals surface area contributed by atoms with E-state index in [4.69, 9.17) is 18.6 Å². The molecule has 0 fully saturated rings. The molecule has 0 saturated carbocycles. The highest BCUT2D eigenvalue weighted by Crippen LogP contribution is 2.44. The van der Waals surface area contributed by atoms with Crippen LogP contribution in [0.3, 0.4) is 0 Å². The summed E-state index contributed by atoms with van der Waals surface area (Å²) in [7, 11) is 1.20. The number of ether oxygens (including phenoxy) is 3. The van der Waals surface area contributed by atoms with Crippen LogP contribution < -0.4 is 18.6 Å². The molecule has 5 nitrogen and oxygen atoms in total. The Balaban J connectivity index is 2.31. The van der Waals surface area contributed by atoms with Gasteiger partial charge < -0.3 is 23.7 Å². The molecule has 0 saturated heterocycles. The van der Waals surface area contributed by atoms with E-state index in [0.717, 1.165) is 34.6 Å². The van der Waals surface area contributed by atoms with Gasteiger partial charge in [-0.2, -0.15) is 0 Å². The number of rotatable bonds is 16. The van der Waals surface area contributed by atoms with Gasteiger partial charge in [0.1, 0.15) is 23.0 Å². The third-order valence-electron chi connectivity index (χ3n) is 7.36. The van der Waals surface area contributed by atoms with E-state index in [1.807, 2.05) is 30.3 Å². The Labute approximate surface area is 226 Å². The van der Waals surface area contributed by atoms with Crippen molar-refractivity contribution in [3.63, 3.8) is 0 Å². The Kier molecular flexibility index (Phi) is 12.3. The minimum Gasteiger partial charge on any atom is -0.543 e. The summed E-state index contributed by atoms with van der Waals surface area (Å²) in [5.74, 6) is 2.86. The number of hydrogen-bond donors (Lipinski definition) is 1. The first-order chi connectivity index (χ1) is 17.6. The Hall–Kier alpha value is -2.18. The molecular weight excluding hydrogens is 480 g/mol. The van der Waals surface area contributed by atoms with Gasteiger partial charge in [-0.1, -0.05) is 72.6 Å². The second kappa shape index (κ2) is 14.7. The van der Waals surface area contributed by atoms with Crippen molar-refractivity contribution in [1.29, 1.82) is 0 Å². The predicted octanol–water partition coefficient (Wildman–Crippen LogP) is 8.77. The highest BCUT2D eigenvalue weighted by Gasteiger charge is 2.39. The summed E-state index contributed by atoms with van der Waals surface area (Å²) in [5.41, 5.74) is 2.46. The van der Waals surface area contributed by atoms with E-state index in [9.17, 15) is 5.11 Å². The van der Waals surface area contributed by atoms with E-state index in [0.29, 0.717) is 18.1 Å². The molecule has 2 aromatic carbocycles. The van der Waals surface area contributed by atoms with Crippen molar-refractivity contribution in [3.8, 4) is 34.1 Å². The topological polar surface area (TPSA) is 57.2 Å². The largest absolute Gasteiger partial charge is 0.543 e. The molecule has 0 atom stereocenters. The van der Waals surface area contributed by atoms with Gasteiger partial charge in [0.25, 0.3) is 0 Å². The third kappa shape index (κ3) is 9.26. The second-order valence-electron chi connectivity index (χ2n) is 11.4. The van der Waals surface area contributed by atoms with Crippen molar-refractivity contribution in [2.24, 2.45) is 0 Å². The molecule has 208 valence electrons. The average molecular weight is 531 g/mol. The first-order valence-electron chi connectivity index (χ1n) is 13.9.